The number of carbonyl (C=O) groups excluding carboxylic acids is 1. The van der Waals surface area contributed by atoms with Gasteiger partial charge in [0.05, 0.1) is 41.4 Å². The number of hydrogen-bond donors (Lipinski definition) is 0. The molecule has 0 radical (unpaired) electrons. The normalized spacial score (nSPS) is 11.9. The van der Waals surface area contributed by atoms with E-state index in [0.717, 1.165) is 16.5 Å². The van der Waals surface area contributed by atoms with Gasteiger partial charge in [0.15, 0.2) is 0 Å². The fourth-order valence-corrected chi connectivity index (χ4v) is 3.78. The van der Waals surface area contributed by atoms with E-state index >= 15 is 0 Å². The molecule has 0 aliphatic heterocycles. The van der Waals surface area contributed by atoms with E-state index in [4.69, 9.17) is 25.6 Å². The van der Waals surface area contributed by atoms with Crippen LogP contribution in [0.2, 0.25) is 5.02 Å². The molecule has 0 bridgehead atoms. The van der Waals surface area contributed by atoms with Crippen LogP contribution in [0.5, 0.6) is 5.75 Å². The lowest BCUT2D eigenvalue weighted by Gasteiger charge is -2.22. The third-order valence-electron chi connectivity index (χ3n) is 5.24. The molecule has 2 aromatic heterocycles. The summed E-state index contributed by atoms with van der Waals surface area (Å²) in [6.07, 6.45) is 1.78. The van der Waals surface area contributed by atoms with E-state index in [1.54, 1.807) is 29.9 Å². The van der Waals surface area contributed by atoms with Crippen LogP contribution in [-0.4, -0.2) is 38.6 Å². The molecular weight excluding hydrogens is 456 g/mol. The number of esters is 1. The summed E-state index contributed by atoms with van der Waals surface area (Å²) >= 11 is 6.34. The second-order valence-corrected chi connectivity index (χ2v) is 9.32. The third kappa shape index (κ3) is 4.92. The maximum absolute atomic E-state index is 12.3. The van der Waals surface area contributed by atoms with Gasteiger partial charge in [0, 0.05) is 16.5 Å². The summed E-state index contributed by atoms with van der Waals surface area (Å²) < 4.78 is 18.2. The smallest absolute Gasteiger partial charge is 0.313 e. The zero-order chi connectivity index (χ0) is 24.5. The van der Waals surface area contributed by atoms with Gasteiger partial charge in [0.2, 0.25) is 5.82 Å². The zero-order valence-electron chi connectivity index (χ0n) is 19.8. The molecule has 34 heavy (non-hydrogen) atoms. The highest BCUT2D eigenvalue weighted by Gasteiger charge is 2.30. The van der Waals surface area contributed by atoms with Gasteiger partial charge >= 0.3 is 5.97 Å². The molecule has 2 heterocycles. The molecule has 0 unspecified atom stereocenters. The highest BCUT2D eigenvalue weighted by molar-refractivity contribution is 6.32. The summed E-state index contributed by atoms with van der Waals surface area (Å²) in [7, 11) is 0. The number of aromatic nitrogens is 4. The van der Waals surface area contributed by atoms with E-state index in [-0.39, 0.29) is 12.1 Å². The molecule has 4 rings (SSSR count). The minimum Gasteiger partial charge on any atom is -0.489 e. The van der Waals surface area contributed by atoms with Crippen LogP contribution in [0.15, 0.2) is 47.1 Å². The first-order valence-corrected chi connectivity index (χ1v) is 11.5. The van der Waals surface area contributed by atoms with Crippen LogP contribution in [0.1, 0.15) is 34.6 Å². The Morgan fingerprint density at radius 3 is 2.65 bits per heavy atom. The Morgan fingerprint density at radius 1 is 1.18 bits per heavy atom. The Morgan fingerprint density at radius 2 is 1.94 bits per heavy atom. The van der Waals surface area contributed by atoms with E-state index in [9.17, 15) is 4.79 Å². The summed E-state index contributed by atoms with van der Waals surface area (Å²) in [4.78, 5) is 16.8. The Labute approximate surface area is 202 Å². The maximum Gasteiger partial charge on any atom is 0.313 e. The third-order valence-corrected chi connectivity index (χ3v) is 5.54. The first kappa shape index (κ1) is 23.8. The average Bonchev–Trinajstić information content (AvgIpc) is 3.42. The van der Waals surface area contributed by atoms with Crippen molar-refractivity contribution in [2.75, 3.05) is 6.61 Å². The number of fused-ring (bicyclic) bond motifs is 1. The summed E-state index contributed by atoms with van der Waals surface area (Å²) in [5, 5.41) is 9.98. The molecule has 0 saturated carbocycles. The van der Waals surface area contributed by atoms with E-state index in [1.165, 1.54) is 0 Å². The number of rotatable bonds is 8. The highest BCUT2D eigenvalue weighted by atomic mass is 35.5. The van der Waals surface area contributed by atoms with Gasteiger partial charge in [-0.3, -0.25) is 9.48 Å². The van der Waals surface area contributed by atoms with Gasteiger partial charge in [-0.15, -0.1) is 0 Å². The summed E-state index contributed by atoms with van der Waals surface area (Å²) in [6, 6.07) is 11.1. The number of ether oxygens (including phenoxy) is 2. The molecule has 4 aromatic rings. The lowest BCUT2D eigenvalue weighted by atomic mass is 9.94. The van der Waals surface area contributed by atoms with Crippen LogP contribution in [0.25, 0.3) is 33.7 Å². The van der Waals surface area contributed by atoms with Crippen molar-refractivity contribution in [3.8, 4) is 28.6 Å². The fourth-order valence-electron chi connectivity index (χ4n) is 3.56. The topological polar surface area (TPSA) is 92.3 Å². The molecule has 0 aliphatic rings. The zero-order valence-corrected chi connectivity index (χ0v) is 20.6. The molecule has 0 saturated heterocycles. The molecule has 0 N–H and O–H groups in total. The average molecular weight is 483 g/mol. The SMILES string of the molecule is CCOC(=O)C(C)(C)Cn1ncc2cc(-c3noc(-c4ccc(OC(C)C)c(Cl)c4)n3)ccc21. The lowest BCUT2D eigenvalue weighted by molar-refractivity contribution is -0.154. The number of benzene rings is 2. The van der Waals surface area contributed by atoms with Gasteiger partial charge in [0.1, 0.15) is 5.75 Å². The van der Waals surface area contributed by atoms with E-state index < -0.39 is 5.41 Å². The molecule has 2 aromatic carbocycles. The molecule has 0 atom stereocenters. The predicted molar refractivity (Wildman–Crippen MR) is 130 cm³/mol. The first-order valence-electron chi connectivity index (χ1n) is 11.1. The van der Waals surface area contributed by atoms with Crippen molar-refractivity contribution in [1.82, 2.24) is 19.9 Å². The van der Waals surface area contributed by atoms with Gasteiger partial charge in [-0.1, -0.05) is 16.8 Å². The Kier molecular flexibility index (Phi) is 6.61. The molecule has 0 fully saturated rings. The Hall–Kier alpha value is -3.39. The quantitative estimate of drug-likeness (QED) is 0.294. The van der Waals surface area contributed by atoms with E-state index in [0.29, 0.717) is 41.2 Å². The van der Waals surface area contributed by atoms with Crippen molar-refractivity contribution in [3.05, 3.63) is 47.6 Å². The Bertz CT molecular complexity index is 1330. The van der Waals surface area contributed by atoms with E-state index in [2.05, 4.69) is 15.2 Å². The largest absolute Gasteiger partial charge is 0.489 e. The molecule has 178 valence electrons. The van der Waals surface area contributed by atoms with Crippen LogP contribution in [0.4, 0.5) is 0 Å². The van der Waals surface area contributed by atoms with Crippen LogP contribution in [-0.2, 0) is 16.1 Å². The van der Waals surface area contributed by atoms with Crippen LogP contribution in [0.3, 0.4) is 0 Å². The van der Waals surface area contributed by atoms with Crippen LogP contribution < -0.4 is 4.74 Å². The van der Waals surface area contributed by atoms with Crippen molar-refractivity contribution in [2.24, 2.45) is 5.41 Å². The van der Waals surface area contributed by atoms with Crippen molar-refractivity contribution in [3.63, 3.8) is 0 Å². The predicted octanol–water partition coefficient (Wildman–Crippen LogP) is 5.78. The number of halogens is 1. The van der Waals surface area contributed by atoms with Crippen molar-refractivity contribution in [2.45, 2.75) is 47.3 Å². The summed E-state index contributed by atoms with van der Waals surface area (Å²) in [5.74, 6) is 1.17. The minimum absolute atomic E-state index is 0.0221. The monoisotopic (exact) mass is 482 g/mol. The summed E-state index contributed by atoms with van der Waals surface area (Å²) in [5.41, 5.74) is 1.69. The molecular formula is C25H27ClN4O4. The summed E-state index contributed by atoms with van der Waals surface area (Å²) in [6.45, 7) is 10.1. The van der Waals surface area contributed by atoms with Crippen LogP contribution >= 0.6 is 11.6 Å². The number of hydrogen-bond acceptors (Lipinski definition) is 7. The molecule has 0 aliphatic carbocycles. The second kappa shape index (κ2) is 9.46. The standard InChI is InChI=1S/C25H27ClN4O4/c1-6-32-24(31)25(4,5)14-30-20-9-7-16(11-18(20)13-27-30)22-28-23(34-29-22)17-8-10-21(19(26)12-17)33-15(2)3/h7-13,15H,6,14H2,1-5H3. The maximum atomic E-state index is 12.3. The van der Waals surface area contributed by atoms with Gasteiger partial charge in [0.25, 0.3) is 5.89 Å². The Balaban J connectivity index is 1.57. The molecule has 0 spiro atoms. The lowest BCUT2D eigenvalue weighted by Crippen LogP contribution is -2.31. The highest BCUT2D eigenvalue weighted by Crippen LogP contribution is 2.32. The van der Waals surface area contributed by atoms with Crippen LogP contribution in [0, 0.1) is 5.41 Å². The molecule has 8 nitrogen and oxygen atoms in total. The van der Waals surface area contributed by atoms with E-state index in [1.807, 2.05) is 52.0 Å². The van der Waals surface area contributed by atoms with Crippen molar-refractivity contribution >= 4 is 28.5 Å². The van der Waals surface area contributed by atoms with Gasteiger partial charge < -0.3 is 14.0 Å². The number of nitrogens with zero attached hydrogens (tertiary/aromatic N) is 4. The van der Waals surface area contributed by atoms with Crippen molar-refractivity contribution in [1.29, 1.82) is 0 Å². The van der Waals surface area contributed by atoms with Gasteiger partial charge in [-0.05, 0) is 71.0 Å². The first-order chi connectivity index (χ1) is 16.2. The van der Waals surface area contributed by atoms with Gasteiger partial charge in [-0.2, -0.15) is 10.1 Å². The molecule has 9 heteroatoms. The fraction of sp³-hybridized carbons (Fsp3) is 0.360. The van der Waals surface area contributed by atoms with Gasteiger partial charge in [-0.25, -0.2) is 0 Å². The number of carbonyl (C=O) groups is 1. The van der Waals surface area contributed by atoms with Crippen molar-refractivity contribution < 1.29 is 18.8 Å². The minimum atomic E-state index is -0.701. The second-order valence-electron chi connectivity index (χ2n) is 8.92. The molecule has 0 amide bonds.